The van der Waals surface area contributed by atoms with Crippen LogP contribution in [0.3, 0.4) is 0 Å². The van der Waals surface area contributed by atoms with E-state index in [1.807, 2.05) is 0 Å². The third-order valence-corrected chi connectivity index (χ3v) is 2.08. The number of amides is 1. The van der Waals surface area contributed by atoms with E-state index in [0.717, 1.165) is 0 Å². The Bertz CT molecular complexity index is 480. The molecule has 1 rings (SSSR count). The summed E-state index contributed by atoms with van der Waals surface area (Å²) in [5.74, 6) is -0.116. The van der Waals surface area contributed by atoms with Crippen molar-refractivity contribution in [1.82, 2.24) is 25.5 Å². The van der Waals surface area contributed by atoms with Crippen molar-refractivity contribution in [3.8, 4) is 0 Å². The number of rotatable bonds is 6. The Morgan fingerprint density at radius 3 is 2.67 bits per heavy atom. The molecular weight excluding hydrogens is 278 g/mol. The molecule has 0 saturated carbocycles. The van der Waals surface area contributed by atoms with E-state index in [9.17, 15) is 9.59 Å². The third-order valence-electron chi connectivity index (χ3n) is 2.08. The molecule has 1 N–H and O–H groups in total. The van der Waals surface area contributed by atoms with Crippen LogP contribution in [0, 0.1) is 0 Å². The van der Waals surface area contributed by atoms with Crippen molar-refractivity contribution in [1.29, 1.82) is 0 Å². The van der Waals surface area contributed by atoms with Crippen LogP contribution in [-0.4, -0.2) is 51.0 Å². The Labute approximate surface area is 123 Å². The molecule has 1 amide bonds. The molecule has 0 spiro atoms. The van der Waals surface area contributed by atoms with Crippen molar-refractivity contribution < 1.29 is 19.1 Å². The number of carbonyl (C=O) groups excluding carboxylic acids is 2. The first-order valence-electron chi connectivity index (χ1n) is 6.69. The predicted octanol–water partition coefficient (Wildman–Crippen LogP) is 0.303. The second-order valence-corrected chi connectivity index (χ2v) is 5.21. The van der Waals surface area contributed by atoms with E-state index in [4.69, 9.17) is 9.47 Å². The van der Waals surface area contributed by atoms with E-state index >= 15 is 0 Å². The van der Waals surface area contributed by atoms with E-state index in [-0.39, 0.29) is 12.2 Å². The molecule has 0 aromatic carbocycles. The lowest BCUT2D eigenvalue weighted by Crippen LogP contribution is -2.34. The summed E-state index contributed by atoms with van der Waals surface area (Å²) in [5, 5.41) is 14.1. The van der Waals surface area contributed by atoms with Crippen molar-refractivity contribution in [2.45, 2.75) is 46.3 Å². The minimum atomic E-state index is -0.539. The highest BCUT2D eigenvalue weighted by molar-refractivity contribution is 5.71. The maximum Gasteiger partial charge on any atom is 0.407 e. The summed E-state index contributed by atoms with van der Waals surface area (Å²) in [5.41, 5.74) is -0.539. The third kappa shape index (κ3) is 7.23. The Balaban J connectivity index is 2.32. The van der Waals surface area contributed by atoms with Crippen LogP contribution in [0.2, 0.25) is 0 Å². The number of hydrogen-bond acceptors (Lipinski definition) is 7. The number of nitrogens with zero attached hydrogens (tertiary/aromatic N) is 4. The highest BCUT2D eigenvalue weighted by Crippen LogP contribution is 2.06. The lowest BCUT2D eigenvalue weighted by molar-refractivity contribution is -0.142. The maximum atomic E-state index is 11.4. The van der Waals surface area contributed by atoms with Crippen molar-refractivity contribution in [3.05, 3.63) is 5.82 Å². The van der Waals surface area contributed by atoms with E-state index in [2.05, 4.69) is 20.7 Å². The van der Waals surface area contributed by atoms with Gasteiger partial charge in [0.2, 0.25) is 0 Å². The SMILES string of the molecule is CCOC(=O)Cc1nnn(CCNC(=O)OC(C)(C)C)n1. The monoisotopic (exact) mass is 299 g/mol. The summed E-state index contributed by atoms with van der Waals surface area (Å²) >= 11 is 0. The van der Waals surface area contributed by atoms with E-state index < -0.39 is 17.7 Å². The molecule has 0 fully saturated rings. The molecule has 0 radical (unpaired) electrons. The highest BCUT2D eigenvalue weighted by Gasteiger charge is 2.15. The van der Waals surface area contributed by atoms with Gasteiger partial charge in [0.15, 0.2) is 5.82 Å². The van der Waals surface area contributed by atoms with Crippen LogP contribution in [0.15, 0.2) is 0 Å². The number of hydrogen-bond donors (Lipinski definition) is 1. The summed E-state index contributed by atoms with van der Waals surface area (Å²) in [6.45, 7) is 8.02. The van der Waals surface area contributed by atoms with Crippen LogP contribution in [0.5, 0.6) is 0 Å². The average molecular weight is 299 g/mol. The molecule has 9 nitrogen and oxygen atoms in total. The molecule has 0 unspecified atom stereocenters. The summed E-state index contributed by atoms with van der Waals surface area (Å²) in [7, 11) is 0. The smallest absolute Gasteiger partial charge is 0.407 e. The summed E-state index contributed by atoms with van der Waals surface area (Å²) in [4.78, 5) is 24.0. The number of alkyl carbamates (subject to hydrolysis) is 1. The molecule has 1 aromatic heterocycles. The Morgan fingerprint density at radius 2 is 2.05 bits per heavy atom. The largest absolute Gasteiger partial charge is 0.466 e. The fraction of sp³-hybridized carbons (Fsp3) is 0.750. The molecule has 0 aliphatic carbocycles. The standard InChI is InChI=1S/C12H21N5O4/c1-5-20-10(18)8-9-14-16-17(15-9)7-6-13-11(19)21-12(2,3)4/h5-8H2,1-4H3,(H,13,19). The summed E-state index contributed by atoms with van der Waals surface area (Å²) < 4.78 is 9.87. The van der Waals surface area contributed by atoms with Crippen LogP contribution in [0.25, 0.3) is 0 Å². The van der Waals surface area contributed by atoms with Gasteiger partial charge in [-0.15, -0.1) is 10.2 Å². The van der Waals surface area contributed by atoms with Gasteiger partial charge in [-0.05, 0) is 32.9 Å². The molecule has 1 aromatic rings. The fourth-order valence-corrected chi connectivity index (χ4v) is 1.36. The first-order valence-corrected chi connectivity index (χ1v) is 6.69. The molecule has 0 aliphatic heterocycles. The molecule has 9 heteroatoms. The zero-order valence-corrected chi connectivity index (χ0v) is 12.8. The van der Waals surface area contributed by atoms with Gasteiger partial charge in [-0.25, -0.2) is 4.79 Å². The van der Waals surface area contributed by atoms with Gasteiger partial charge in [0.05, 0.1) is 13.2 Å². The number of esters is 1. The van der Waals surface area contributed by atoms with Crippen LogP contribution in [-0.2, 0) is 27.2 Å². The van der Waals surface area contributed by atoms with Gasteiger partial charge in [-0.1, -0.05) is 0 Å². The van der Waals surface area contributed by atoms with Crippen molar-refractivity contribution in [2.24, 2.45) is 0 Å². The molecular formula is C12H21N5O4. The fourth-order valence-electron chi connectivity index (χ4n) is 1.36. The van der Waals surface area contributed by atoms with Gasteiger partial charge >= 0.3 is 12.1 Å². The first kappa shape index (κ1) is 16.9. The highest BCUT2D eigenvalue weighted by atomic mass is 16.6. The zero-order chi connectivity index (χ0) is 15.9. The number of nitrogens with one attached hydrogen (secondary N) is 1. The minimum absolute atomic E-state index is 0.0205. The summed E-state index contributed by atoms with van der Waals surface area (Å²) in [6, 6.07) is 0. The minimum Gasteiger partial charge on any atom is -0.466 e. The lowest BCUT2D eigenvalue weighted by Gasteiger charge is -2.19. The van der Waals surface area contributed by atoms with Crippen molar-refractivity contribution in [3.63, 3.8) is 0 Å². The molecule has 21 heavy (non-hydrogen) atoms. The van der Waals surface area contributed by atoms with Gasteiger partial charge in [-0.2, -0.15) is 4.80 Å². The first-order chi connectivity index (χ1) is 9.80. The predicted molar refractivity (Wildman–Crippen MR) is 72.4 cm³/mol. The normalized spacial score (nSPS) is 11.0. The maximum absolute atomic E-state index is 11.4. The number of tetrazole rings is 1. The van der Waals surface area contributed by atoms with Crippen LogP contribution >= 0.6 is 0 Å². The van der Waals surface area contributed by atoms with Gasteiger partial charge < -0.3 is 14.8 Å². The molecule has 0 atom stereocenters. The van der Waals surface area contributed by atoms with Crippen LogP contribution < -0.4 is 5.32 Å². The second-order valence-electron chi connectivity index (χ2n) is 5.21. The van der Waals surface area contributed by atoms with E-state index in [1.54, 1.807) is 27.7 Å². The second kappa shape index (κ2) is 7.55. The van der Waals surface area contributed by atoms with Crippen molar-refractivity contribution >= 4 is 12.1 Å². The quantitative estimate of drug-likeness (QED) is 0.753. The van der Waals surface area contributed by atoms with Crippen LogP contribution in [0.1, 0.15) is 33.5 Å². The lowest BCUT2D eigenvalue weighted by atomic mass is 10.2. The number of carbonyl (C=O) groups is 2. The Hall–Kier alpha value is -2.19. The number of ether oxygens (including phenoxy) is 2. The van der Waals surface area contributed by atoms with Crippen molar-refractivity contribution in [2.75, 3.05) is 13.2 Å². The van der Waals surface area contributed by atoms with Gasteiger partial charge in [0.1, 0.15) is 12.0 Å². The molecule has 1 heterocycles. The molecule has 0 saturated heterocycles. The average Bonchev–Trinajstić information content (AvgIpc) is 2.74. The Morgan fingerprint density at radius 1 is 1.33 bits per heavy atom. The zero-order valence-electron chi connectivity index (χ0n) is 12.8. The molecule has 0 bridgehead atoms. The van der Waals surface area contributed by atoms with E-state index in [1.165, 1.54) is 4.80 Å². The van der Waals surface area contributed by atoms with Gasteiger partial charge in [0.25, 0.3) is 0 Å². The molecule has 0 aliphatic rings. The van der Waals surface area contributed by atoms with Crippen LogP contribution in [0.4, 0.5) is 4.79 Å². The topological polar surface area (TPSA) is 108 Å². The van der Waals surface area contributed by atoms with Gasteiger partial charge in [0, 0.05) is 6.54 Å². The Kier molecular flexibility index (Phi) is 6.07. The number of aromatic nitrogens is 4. The molecule has 118 valence electrons. The van der Waals surface area contributed by atoms with E-state index in [0.29, 0.717) is 19.7 Å². The van der Waals surface area contributed by atoms with Gasteiger partial charge in [-0.3, -0.25) is 4.79 Å². The summed E-state index contributed by atoms with van der Waals surface area (Å²) in [6.07, 6.45) is -0.526.